The number of amides is 1. The van der Waals surface area contributed by atoms with Crippen molar-refractivity contribution in [2.75, 3.05) is 6.54 Å². The maximum Gasteiger partial charge on any atom is 0.407 e. The summed E-state index contributed by atoms with van der Waals surface area (Å²) in [5, 5.41) is 12.3. The van der Waals surface area contributed by atoms with Crippen LogP contribution in [0.5, 0.6) is 0 Å². The summed E-state index contributed by atoms with van der Waals surface area (Å²) in [6.07, 6.45) is -0.640. The van der Waals surface area contributed by atoms with Crippen molar-refractivity contribution in [1.29, 1.82) is 0 Å². The van der Waals surface area contributed by atoms with E-state index in [1.807, 2.05) is 13.8 Å². The summed E-state index contributed by atoms with van der Waals surface area (Å²) in [4.78, 5) is 24.0. The molecule has 2 N–H and O–H groups in total. The Morgan fingerprint density at radius 1 is 1.15 bits per heavy atom. The van der Waals surface area contributed by atoms with E-state index in [-0.39, 0.29) is 30.9 Å². The SMILES string of the molecule is CC(C)CC(CNC(=O)OC(C)(C)C)(Cc1cc(F)cc(F)c1)C(=O)O. The number of benzene rings is 1. The van der Waals surface area contributed by atoms with E-state index in [4.69, 9.17) is 4.74 Å². The van der Waals surface area contributed by atoms with E-state index in [1.165, 1.54) is 0 Å². The van der Waals surface area contributed by atoms with E-state index < -0.39 is 34.7 Å². The number of rotatable bonds is 7. The molecule has 7 heteroatoms. The molecule has 1 aromatic rings. The van der Waals surface area contributed by atoms with Crippen LogP contribution in [0, 0.1) is 23.0 Å². The van der Waals surface area contributed by atoms with E-state index in [0.717, 1.165) is 18.2 Å². The summed E-state index contributed by atoms with van der Waals surface area (Å²) in [7, 11) is 0. The smallest absolute Gasteiger partial charge is 0.407 e. The van der Waals surface area contributed by atoms with Gasteiger partial charge in [-0.1, -0.05) is 13.8 Å². The predicted molar refractivity (Wildman–Crippen MR) is 93.8 cm³/mol. The van der Waals surface area contributed by atoms with Crippen molar-refractivity contribution in [3.05, 3.63) is 35.4 Å². The van der Waals surface area contributed by atoms with Crippen molar-refractivity contribution in [1.82, 2.24) is 5.32 Å². The lowest BCUT2D eigenvalue weighted by molar-refractivity contribution is -0.149. The Bertz CT molecular complexity index is 635. The van der Waals surface area contributed by atoms with Gasteiger partial charge in [0.05, 0.1) is 5.41 Å². The first-order chi connectivity index (χ1) is 11.8. The van der Waals surface area contributed by atoms with Crippen LogP contribution in [0.3, 0.4) is 0 Å². The van der Waals surface area contributed by atoms with Crippen LogP contribution >= 0.6 is 0 Å². The number of nitrogens with one attached hydrogen (secondary N) is 1. The van der Waals surface area contributed by atoms with E-state index in [2.05, 4.69) is 5.32 Å². The molecule has 5 nitrogen and oxygen atoms in total. The van der Waals surface area contributed by atoms with Gasteiger partial charge in [-0.15, -0.1) is 0 Å². The molecule has 26 heavy (non-hydrogen) atoms. The molecule has 0 aromatic heterocycles. The minimum absolute atomic E-state index is 0.00931. The molecule has 0 aliphatic rings. The third-order valence-corrected chi connectivity index (χ3v) is 3.69. The molecule has 0 aliphatic carbocycles. The molecular formula is C19H27F2NO4. The topological polar surface area (TPSA) is 75.6 Å². The van der Waals surface area contributed by atoms with Crippen molar-refractivity contribution in [3.63, 3.8) is 0 Å². The summed E-state index contributed by atoms with van der Waals surface area (Å²) in [6, 6.07) is 2.94. The third kappa shape index (κ3) is 6.98. The number of halogens is 2. The molecule has 0 fully saturated rings. The number of hydrogen-bond donors (Lipinski definition) is 2. The number of carbonyl (C=O) groups excluding carboxylic acids is 1. The van der Waals surface area contributed by atoms with Gasteiger partial charge in [-0.25, -0.2) is 13.6 Å². The maximum absolute atomic E-state index is 13.5. The molecule has 0 bridgehead atoms. The maximum atomic E-state index is 13.5. The summed E-state index contributed by atoms with van der Waals surface area (Å²) >= 11 is 0. The Hall–Kier alpha value is -2.18. The van der Waals surface area contributed by atoms with Crippen LogP contribution in [-0.4, -0.2) is 29.3 Å². The number of alkyl carbamates (subject to hydrolysis) is 1. The summed E-state index contributed by atoms with van der Waals surface area (Å²) < 4.78 is 32.1. The molecule has 1 unspecified atom stereocenters. The van der Waals surface area contributed by atoms with Crippen LogP contribution < -0.4 is 5.32 Å². The minimum Gasteiger partial charge on any atom is -0.481 e. The van der Waals surface area contributed by atoms with Crippen molar-refractivity contribution in [2.45, 2.75) is 53.1 Å². The second-order valence-corrected chi connectivity index (χ2v) is 7.99. The highest BCUT2D eigenvalue weighted by Gasteiger charge is 2.40. The molecule has 0 aliphatic heterocycles. The number of aliphatic carboxylic acids is 1. The molecule has 1 amide bonds. The highest BCUT2D eigenvalue weighted by atomic mass is 19.1. The highest BCUT2D eigenvalue weighted by Crippen LogP contribution is 2.32. The normalized spacial score (nSPS) is 14.0. The second kappa shape index (κ2) is 8.47. The van der Waals surface area contributed by atoms with E-state index in [9.17, 15) is 23.5 Å². The van der Waals surface area contributed by atoms with Gasteiger partial charge in [0.15, 0.2) is 0 Å². The van der Waals surface area contributed by atoms with Crippen molar-refractivity contribution in [2.24, 2.45) is 11.3 Å². The van der Waals surface area contributed by atoms with Gasteiger partial charge in [-0.3, -0.25) is 4.79 Å². The van der Waals surface area contributed by atoms with Gasteiger partial charge in [0.2, 0.25) is 0 Å². The Morgan fingerprint density at radius 3 is 2.12 bits per heavy atom. The third-order valence-electron chi connectivity index (χ3n) is 3.69. The number of carbonyl (C=O) groups is 2. The van der Waals surface area contributed by atoms with Crippen molar-refractivity contribution < 1.29 is 28.2 Å². The molecular weight excluding hydrogens is 344 g/mol. The van der Waals surface area contributed by atoms with Gasteiger partial charge in [-0.2, -0.15) is 0 Å². The lowest BCUT2D eigenvalue weighted by atomic mass is 9.75. The number of carboxylic acid groups (broad SMARTS) is 1. The fraction of sp³-hybridized carbons (Fsp3) is 0.579. The summed E-state index contributed by atoms with van der Waals surface area (Å²) in [6.45, 7) is 8.56. The van der Waals surface area contributed by atoms with Gasteiger partial charge in [-0.05, 0) is 57.2 Å². The average molecular weight is 371 g/mol. The van der Waals surface area contributed by atoms with Crippen LogP contribution in [0.25, 0.3) is 0 Å². The highest BCUT2D eigenvalue weighted by molar-refractivity contribution is 5.77. The summed E-state index contributed by atoms with van der Waals surface area (Å²) in [5.74, 6) is -2.70. The Labute approximate surface area is 152 Å². The molecule has 146 valence electrons. The molecule has 0 heterocycles. The van der Waals surface area contributed by atoms with Crippen molar-refractivity contribution in [3.8, 4) is 0 Å². The van der Waals surface area contributed by atoms with Gasteiger partial charge in [0.1, 0.15) is 17.2 Å². The zero-order valence-electron chi connectivity index (χ0n) is 15.9. The van der Waals surface area contributed by atoms with Crippen molar-refractivity contribution >= 4 is 12.1 Å². The lowest BCUT2D eigenvalue weighted by Gasteiger charge is -2.32. The number of hydrogen-bond acceptors (Lipinski definition) is 3. The standard InChI is InChI=1S/C19H27F2NO4/c1-12(2)9-19(16(23)24,11-22-17(25)26-18(3,4)5)10-13-6-14(20)8-15(21)7-13/h6-8,12H,9-11H2,1-5H3,(H,22,25)(H,23,24). The summed E-state index contributed by atoms with van der Waals surface area (Å²) in [5.41, 5.74) is -1.91. The fourth-order valence-corrected chi connectivity index (χ4v) is 2.89. The van der Waals surface area contributed by atoms with Crippen LogP contribution in [0.2, 0.25) is 0 Å². The zero-order valence-corrected chi connectivity index (χ0v) is 15.9. The van der Waals surface area contributed by atoms with Gasteiger partial charge >= 0.3 is 12.1 Å². The molecule has 1 atom stereocenters. The van der Waals surface area contributed by atoms with E-state index >= 15 is 0 Å². The Morgan fingerprint density at radius 2 is 1.69 bits per heavy atom. The first-order valence-electron chi connectivity index (χ1n) is 8.48. The first kappa shape index (κ1) is 21.9. The molecule has 0 spiro atoms. The average Bonchev–Trinajstić information content (AvgIpc) is 2.40. The molecule has 1 rings (SSSR count). The van der Waals surface area contributed by atoms with Crippen LogP contribution in [0.4, 0.5) is 13.6 Å². The minimum atomic E-state index is -1.41. The van der Waals surface area contributed by atoms with Gasteiger partial charge in [0.25, 0.3) is 0 Å². The Balaban J connectivity index is 3.08. The molecule has 0 saturated heterocycles. The van der Waals surface area contributed by atoms with Crippen LogP contribution in [-0.2, 0) is 16.0 Å². The monoisotopic (exact) mass is 371 g/mol. The largest absolute Gasteiger partial charge is 0.481 e. The molecule has 0 saturated carbocycles. The molecule has 1 aromatic carbocycles. The van der Waals surface area contributed by atoms with E-state index in [0.29, 0.717) is 0 Å². The van der Waals surface area contributed by atoms with Crippen LogP contribution in [0.1, 0.15) is 46.6 Å². The number of carboxylic acids is 1. The zero-order chi connectivity index (χ0) is 20.1. The number of ether oxygens (including phenoxy) is 1. The van der Waals surface area contributed by atoms with Gasteiger partial charge < -0.3 is 15.2 Å². The first-order valence-corrected chi connectivity index (χ1v) is 8.48. The van der Waals surface area contributed by atoms with E-state index in [1.54, 1.807) is 20.8 Å². The second-order valence-electron chi connectivity index (χ2n) is 7.99. The quantitative estimate of drug-likeness (QED) is 0.755. The lowest BCUT2D eigenvalue weighted by Crippen LogP contribution is -2.46. The molecule has 0 radical (unpaired) electrons. The van der Waals surface area contributed by atoms with Gasteiger partial charge in [0, 0.05) is 12.6 Å². The fourth-order valence-electron chi connectivity index (χ4n) is 2.89. The predicted octanol–water partition coefficient (Wildman–Crippen LogP) is 4.15. The van der Waals surface area contributed by atoms with Crippen LogP contribution in [0.15, 0.2) is 18.2 Å². The Kier molecular flexibility index (Phi) is 7.12.